The molecule has 4 aromatic carbocycles. The summed E-state index contributed by atoms with van der Waals surface area (Å²) in [5.74, 6) is 0.245. The molecule has 0 saturated carbocycles. The van der Waals surface area contributed by atoms with E-state index < -0.39 is 12.0 Å². The van der Waals surface area contributed by atoms with Gasteiger partial charge in [-0.15, -0.1) is 0 Å². The largest absolute Gasteiger partial charge is 0.489 e. The van der Waals surface area contributed by atoms with Crippen molar-refractivity contribution in [3.63, 3.8) is 0 Å². The number of nitrogens with zero attached hydrogens (tertiary/aromatic N) is 2. The van der Waals surface area contributed by atoms with Crippen molar-refractivity contribution >= 4 is 45.8 Å². The Kier molecular flexibility index (Phi) is 7.78. The van der Waals surface area contributed by atoms with E-state index in [-0.39, 0.29) is 12.2 Å². The average Bonchev–Trinajstić information content (AvgIpc) is 3.30. The van der Waals surface area contributed by atoms with Crippen LogP contribution in [0.1, 0.15) is 36.6 Å². The fourth-order valence-corrected chi connectivity index (χ4v) is 6.31. The first-order valence-electron chi connectivity index (χ1n) is 13.6. The molecule has 1 aliphatic heterocycles. The van der Waals surface area contributed by atoms with Crippen LogP contribution in [0.25, 0.3) is 16.8 Å². The highest BCUT2D eigenvalue weighted by Gasteiger charge is 2.34. The van der Waals surface area contributed by atoms with Crippen LogP contribution in [0.3, 0.4) is 0 Å². The molecule has 8 heteroatoms. The Morgan fingerprint density at radius 1 is 1.00 bits per heavy atom. The average molecular weight is 595 g/mol. The molecule has 1 atom stereocenters. The van der Waals surface area contributed by atoms with Crippen LogP contribution in [0.15, 0.2) is 112 Å². The van der Waals surface area contributed by atoms with Crippen LogP contribution in [-0.4, -0.2) is 17.1 Å². The highest BCUT2D eigenvalue weighted by atomic mass is 35.5. The normalized spacial score (nSPS) is 14.9. The second kappa shape index (κ2) is 11.8. The van der Waals surface area contributed by atoms with Crippen LogP contribution in [0, 0.1) is 0 Å². The van der Waals surface area contributed by atoms with Crippen molar-refractivity contribution in [3.8, 4) is 5.75 Å². The first-order valence-corrected chi connectivity index (χ1v) is 14.8. The summed E-state index contributed by atoms with van der Waals surface area (Å²) in [6.07, 6.45) is 1.84. The van der Waals surface area contributed by atoms with Crippen molar-refractivity contribution in [2.75, 3.05) is 6.61 Å². The molecule has 2 heterocycles. The molecular weight excluding hydrogens is 568 g/mol. The molecule has 0 saturated heterocycles. The Bertz CT molecular complexity index is 2000. The van der Waals surface area contributed by atoms with Gasteiger partial charge in [0, 0.05) is 5.02 Å². The van der Waals surface area contributed by atoms with Gasteiger partial charge in [-0.2, -0.15) is 0 Å². The number of ether oxygens (including phenoxy) is 2. The summed E-state index contributed by atoms with van der Waals surface area (Å²) < 4.78 is 13.5. The number of thiazole rings is 1. The number of benzene rings is 4. The Hall–Kier alpha value is -4.46. The summed E-state index contributed by atoms with van der Waals surface area (Å²) in [6, 6.07) is 28.3. The summed E-state index contributed by atoms with van der Waals surface area (Å²) in [5, 5.41) is 2.67. The summed E-state index contributed by atoms with van der Waals surface area (Å²) >= 11 is 7.27. The van der Waals surface area contributed by atoms with E-state index in [1.807, 2.05) is 97.1 Å². The lowest BCUT2D eigenvalue weighted by Crippen LogP contribution is -2.40. The van der Waals surface area contributed by atoms with E-state index in [9.17, 15) is 9.59 Å². The van der Waals surface area contributed by atoms with Gasteiger partial charge in [0.15, 0.2) is 4.80 Å². The zero-order chi connectivity index (χ0) is 29.2. The summed E-state index contributed by atoms with van der Waals surface area (Å²) in [7, 11) is 0. The van der Waals surface area contributed by atoms with Crippen LogP contribution in [0.2, 0.25) is 5.02 Å². The van der Waals surface area contributed by atoms with Gasteiger partial charge in [0.05, 0.1) is 28.5 Å². The van der Waals surface area contributed by atoms with E-state index in [0.717, 1.165) is 27.5 Å². The number of halogens is 1. The van der Waals surface area contributed by atoms with Crippen LogP contribution in [-0.2, 0) is 16.1 Å². The lowest BCUT2D eigenvalue weighted by molar-refractivity contribution is -0.139. The number of esters is 1. The molecule has 1 aromatic heterocycles. The van der Waals surface area contributed by atoms with Crippen LogP contribution in [0.5, 0.6) is 5.75 Å². The maximum atomic E-state index is 14.0. The Balaban J connectivity index is 1.39. The van der Waals surface area contributed by atoms with Crippen LogP contribution >= 0.6 is 22.9 Å². The molecule has 0 amide bonds. The van der Waals surface area contributed by atoms with Crippen LogP contribution < -0.4 is 19.6 Å². The molecule has 6 rings (SSSR count). The monoisotopic (exact) mass is 594 g/mol. The maximum Gasteiger partial charge on any atom is 0.338 e. The first kappa shape index (κ1) is 27.7. The summed E-state index contributed by atoms with van der Waals surface area (Å²) in [6.45, 7) is 4.21. The summed E-state index contributed by atoms with van der Waals surface area (Å²) in [4.78, 5) is 32.5. The number of allylic oxidation sites excluding steroid dienone is 1. The van der Waals surface area contributed by atoms with Gasteiger partial charge in [-0.3, -0.25) is 9.36 Å². The molecule has 42 heavy (non-hydrogen) atoms. The second-order valence-electron chi connectivity index (χ2n) is 9.85. The molecule has 0 unspecified atom stereocenters. The predicted molar refractivity (Wildman–Crippen MR) is 167 cm³/mol. The van der Waals surface area contributed by atoms with Gasteiger partial charge in [0.25, 0.3) is 5.56 Å². The highest BCUT2D eigenvalue weighted by molar-refractivity contribution is 7.07. The number of hydrogen-bond acceptors (Lipinski definition) is 6. The molecule has 0 fully saturated rings. The van der Waals surface area contributed by atoms with Crippen molar-refractivity contribution in [1.29, 1.82) is 0 Å². The molecule has 1 aliphatic rings. The third kappa shape index (κ3) is 5.41. The van der Waals surface area contributed by atoms with E-state index in [0.29, 0.717) is 38.0 Å². The minimum Gasteiger partial charge on any atom is -0.489 e. The Morgan fingerprint density at radius 2 is 1.74 bits per heavy atom. The molecule has 0 aliphatic carbocycles. The number of carbonyl (C=O) groups excluding carboxylic acids is 1. The molecule has 5 aromatic rings. The molecule has 0 N–H and O–H groups in total. The molecular formula is C34H27ClN2O4S. The lowest BCUT2D eigenvalue weighted by Gasteiger charge is -2.25. The summed E-state index contributed by atoms with van der Waals surface area (Å²) in [5.41, 5.74) is 3.41. The fraction of sp³-hybridized carbons (Fsp3) is 0.147. The smallest absolute Gasteiger partial charge is 0.338 e. The SMILES string of the molecule is CCOC(=O)C1=C(C)N=c2s/c(=C/c3ccc(OCc4ccc(Cl)cc4)cc3)c(=O)n2[C@H]1c1cccc2ccccc12. The van der Waals surface area contributed by atoms with E-state index in [1.54, 1.807) is 18.4 Å². The van der Waals surface area contributed by atoms with Crippen molar-refractivity contribution in [3.05, 3.63) is 144 Å². The van der Waals surface area contributed by atoms with Gasteiger partial charge >= 0.3 is 5.97 Å². The minimum atomic E-state index is -0.669. The second-order valence-corrected chi connectivity index (χ2v) is 11.3. The molecule has 0 radical (unpaired) electrons. The maximum absolute atomic E-state index is 14.0. The first-order chi connectivity index (χ1) is 20.4. The van der Waals surface area contributed by atoms with Crippen molar-refractivity contribution < 1.29 is 14.3 Å². The standard InChI is InChI=1S/C34H27ClN2O4S/c1-3-40-33(39)30-21(2)36-34-37(31(30)28-10-6-8-24-7-4-5-9-27(24)28)32(38)29(42-34)19-22-13-17-26(18-14-22)41-20-23-11-15-25(35)16-12-23/h4-19,31H,3,20H2,1-2H3/b29-19+/t31-/m0/s1. The van der Waals surface area contributed by atoms with Crippen molar-refractivity contribution in [2.45, 2.75) is 26.5 Å². The Morgan fingerprint density at radius 3 is 2.50 bits per heavy atom. The van der Waals surface area contributed by atoms with E-state index in [1.165, 1.54) is 11.3 Å². The van der Waals surface area contributed by atoms with Gasteiger partial charge in [-0.25, -0.2) is 9.79 Å². The molecule has 6 nitrogen and oxygen atoms in total. The number of fused-ring (bicyclic) bond motifs is 2. The predicted octanol–water partition coefficient (Wildman–Crippen LogP) is 6.18. The molecule has 0 spiro atoms. The molecule has 0 bridgehead atoms. The number of carbonyl (C=O) groups is 1. The van der Waals surface area contributed by atoms with Gasteiger partial charge in [0.1, 0.15) is 12.4 Å². The topological polar surface area (TPSA) is 69.9 Å². The van der Waals surface area contributed by atoms with Crippen molar-refractivity contribution in [1.82, 2.24) is 4.57 Å². The number of hydrogen-bond donors (Lipinski definition) is 0. The fourth-order valence-electron chi connectivity index (χ4n) is 5.13. The highest BCUT2D eigenvalue weighted by Crippen LogP contribution is 2.34. The van der Waals surface area contributed by atoms with E-state index >= 15 is 0 Å². The Labute approximate surface area is 251 Å². The van der Waals surface area contributed by atoms with E-state index in [2.05, 4.69) is 0 Å². The minimum absolute atomic E-state index is 0.214. The number of rotatable bonds is 7. The quantitative estimate of drug-likeness (QED) is 0.211. The zero-order valence-corrected chi connectivity index (χ0v) is 24.6. The molecule has 210 valence electrons. The van der Waals surface area contributed by atoms with Crippen molar-refractivity contribution in [2.24, 2.45) is 4.99 Å². The third-order valence-corrected chi connectivity index (χ3v) is 8.37. The number of aromatic nitrogens is 1. The van der Waals surface area contributed by atoms with E-state index in [4.69, 9.17) is 26.1 Å². The van der Waals surface area contributed by atoms with Gasteiger partial charge in [-0.1, -0.05) is 89.7 Å². The third-order valence-electron chi connectivity index (χ3n) is 7.13. The lowest BCUT2D eigenvalue weighted by atomic mass is 9.91. The van der Waals surface area contributed by atoms with Gasteiger partial charge < -0.3 is 9.47 Å². The zero-order valence-electron chi connectivity index (χ0n) is 23.0. The van der Waals surface area contributed by atoms with Gasteiger partial charge in [-0.05, 0) is 71.7 Å². The van der Waals surface area contributed by atoms with Crippen LogP contribution in [0.4, 0.5) is 0 Å². The van der Waals surface area contributed by atoms with Gasteiger partial charge in [0.2, 0.25) is 0 Å².